The van der Waals surface area contributed by atoms with Crippen molar-refractivity contribution in [3.05, 3.63) is 59.8 Å². The van der Waals surface area contributed by atoms with E-state index < -0.39 is 8.07 Å². The van der Waals surface area contributed by atoms with E-state index in [1.807, 2.05) is 42.5 Å². The van der Waals surface area contributed by atoms with E-state index in [0.29, 0.717) is 0 Å². The van der Waals surface area contributed by atoms with Crippen LogP contribution in [-0.4, -0.2) is 13.9 Å². The zero-order valence-corrected chi connectivity index (χ0v) is 11.1. The molecule has 84 valence electrons. The second-order valence-corrected chi connectivity index (χ2v) is 9.88. The molecule has 0 N–H and O–H groups in total. The van der Waals surface area contributed by atoms with E-state index in [-0.39, 0.29) is 5.78 Å². The van der Waals surface area contributed by atoms with Crippen LogP contribution in [0, 0.1) is 0 Å². The number of benzene rings is 1. The molecule has 0 radical (unpaired) electrons. The number of rotatable bonds is 4. The lowest BCUT2D eigenvalue weighted by molar-refractivity contribution is 0.104. The van der Waals surface area contributed by atoms with Gasteiger partial charge in [0, 0.05) is 5.56 Å². The highest BCUT2D eigenvalue weighted by atomic mass is 28.3. The Morgan fingerprint density at radius 2 is 1.69 bits per heavy atom. The van der Waals surface area contributed by atoms with Gasteiger partial charge >= 0.3 is 0 Å². The fourth-order valence-electron chi connectivity index (χ4n) is 1.19. The molecule has 1 aromatic carbocycles. The van der Waals surface area contributed by atoms with Crippen molar-refractivity contribution in [1.29, 1.82) is 0 Å². The maximum atomic E-state index is 11.7. The molecule has 0 atom stereocenters. The van der Waals surface area contributed by atoms with E-state index in [9.17, 15) is 4.79 Å². The molecule has 0 aliphatic rings. The average Bonchev–Trinajstić information content (AvgIpc) is 2.24. The summed E-state index contributed by atoms with van der Waals surface area (Å²) in [4.78, 5) is 11.7. The Labute approximate surface area is 98.5 Å². The molecule has 0 aliphatic heterocycles. The Hall–Kier alpha value is -1.41. The second-order valence-electron chi connectivity index (χ2n) is 4.81. The van der Waals surface area contributed by atoms with Crippen LogP contribution in [0.25, 0.3) is 0 Å². The fraction of sp³-hybridized carbons (Fsp3) is 0.214. The molecule has 0 heterocycles. The van der Waals surface area contributed by atoms with E-state index in [0.717, 1.165) is 5.56 Å². The normalized spacial score (nSPS) is 12.4. The van der Waals surface area contributed by atoms with E-state index in [1.54, 1.807) is 6.08 Å². The first-order chi connectivity index (χ1) is 7.49. The first kappa shape index (κ1) is 12.7. The van der Waals surface area contributed by atoms with Gasteiger partial charge < -0.3 is 0 Å². The quantitative estimate of drug-likeness (QED) is 0.332. The minimum Gasteiger partial charge on any atom is -0.289 e. The number of allylic oxidation sites excluding steroid dienone is 3. The third kappa shape index (κ3) is 4.89. The Morgan fingerprint density at radius 3 is 2.25 bits per heavy atom. The molecular weight excluding hydrogens is 212 g/mol. The van der Waals surface area contributed by atoms with Gasteiger partial charge in [-0.3, -0.25) is 4.79 Å². The number of hydrogen-bond acceptors (Lipinski definition) is 1. The Kier molecular flexibility index (Phi) is 4.44. The smallest absolute Gasteiger partial charge is 0.185 e. The SMILES string of the molecule is C[Si](C)(C)/C=C/C=C/C(=O)c1ccccc1. The first-order valence-corrected chi connectivity index (χ1v) is 9.02. The Morgan fingerprint density at radius 1 is 1.06 bits per heavy atom. The molecule has 0 fully saturated rings. The van der Waals surface area contributed by atoms with Crippen LogP contribution in [0.3, 0.4) is 0 Å². The van der Waals surface area contributed by atoms with Crippen LogP contribution in [0.15, 0.2) is 54.3 Å². The van der Waals surface area contributed by atoms with Gasteiger partial charge in [-0.2, -0.15) is 0 Å². The number of ketones is 1. The standard InChI is InChI=1S/C14H18OSi/c1-16(2,3)12-8-7-11-14(15)13-9-5-4-6-10-13/h4-12H,1-3H3/b11-7+,12-8+. The predicted octanol–water partition coefficient (Wildman–Crippen LogP) is 3.86. The zero-order valence-electron chi connectivity index (χ0n) is 10.1. The highest BCUT2D eigenvalue weighted by molar-refractivity contribution is 6.81. The van der Waals surface area contributed by atoms with Gasteiger partial charge in [0.2, 0.25) is 0 Å². The van der Waals surface area contributed by atoms with Crippen LogP contribution in [0.4, 0.5) is 0 Å². The maximum Gasteiger partial charge on any atom is 0.185 e. The number of hydrogen-bond donors (Lipinski definition) is 0. The third-order valence-corrected chi connectivity index (χ3v) is 3.21. The molecule has 0 aromatic heterocycles. The molecule has 1 aromatic rings. The molecule has 0 unspecified atom stereocenters. The van der Waals surface area contributed by atoms with Crippen molar-refractivity contribution in [1.82, 2.24) is 0 Å². The van der Waals surface area contributed by atoms with Crippen molar-refractivity contribution in [3.63, 3.8) is 0 Å². The van der Waals surface area contributed by atoms with Crippen LogP contribution in [0.2, 0.25) is 19.6 Å². The monoisotopic (exact) mass is 230 g/mol. The molecule has 2 heteroatoms. The maximum absolute atomic E-state index is 11.7. The van der Waals surface area contributed by atoms with Gasteiger partial charge in [0.05, 0.1) is 8.07 Å². The number of carbonyl (C=O) groups is 1. The van der Waals surface area contributed by atoms with Crippen molar-refractivity contribution < 1.29 is 4.79 Å². The molecule has 0 spiro atoms. The summed E-state index contributed by atoms with van der Waals surface area (Å²) < 4.78 is 0. The summed E-state index contributed by atoms with van der Waals surface area (Å²) in [5, 5.41) is 0. The first-order valence-electron chi connectivity index (χ1n) is 5.44. The minimum absolute atomic E-state index is 0.0563. The summed E-state index contributed by atoms with van der Waals surface area (Å²) >= 11 is 0. The summed E-state index contributed by atoms with van der Waals surface area (Å²) in [7, 11) is -1.15. The molecule has 0 aliphatic carbocycles. The van der Waals surface area contributed by atoms with E-state index >= 15 is 0 Å². The van der Waals surface area contributed by atoms with Gasteiger partial charge in [0.1, 0.15) is 0 Å². The topological polar surface area (TPSA) is 17.1 Å². The molecular formula is C14H18OSi. The van der Waals surface area contributed by atoms with Crippen LogP contribution in [0.5, 0.6) is 0 Å². The molecule has 1 nitrogen and oxygen atoms in total. The van der Waals surface area contributed by atoms with Gasteiger partial charge in [-0.15, -0.1) is 0 Å². The van der Waals surface area contributed by atoms with Crippen molar-refractivity contribution in [2.45, 2.75) is 19.6 Å². The molecule has 0 saturated heterocycles. The largest absolute Gasteiger partial charge is 0.289 e. The lowest BCUT2D eigenvalue weighted by Crippen LogP contribution is -2.15. The summed E-state index contributed by atoms with van der Waals surface area (Å²) in [6, 6.07) is 9.31. The van der Waals surface area contributed by atoms with Crippen LogP contribution >= 0.6 is 0 Å². The van der Waals surface area contributed by atoms with E-state index in [1.165, 1.54) is 0 Å². The summed E-state index contributed by atoms with van der Waals surface area (Å²) in [5.74, 6) is 0.0563. The fourth-order valence-corrected chi connectivity index (χ4v) is 1.87. The minimum atomic E-state index is -1.15. The Balaban J connectivity index is 2.60. The van der Waals surface area contributed by atoms with Gasteiger partial charge in [-0.05, 0) is 6.08 Å². The molecule has 0 saturated carbocycles. The van der Waals surface area contributed by atoms with Crippen molar-refractivity contribution in [2.75, 3.05) is 0 Å². The van der Waals surface area contributed by atoms with Crippen molar-refractivity contribution in [2.24, 2.45) is 0 Å². The van der Waals surface area contributed by atoms with E-state index in [4.69, 9.17) is 0 Å². The molecule has 1 rings (SSSR count). The lowest BCUT2D eigenvalue weighted by Gasteiger charge is -2.06. The van der Waals surface area contributed by atoms with Gasteiger partial charge in [-0.1, -0.05) is 67.8 Å². The lowest BCUT2D eigenvalue weighted by atomic mass is 10.1. The molecule has 16 heavy (non-hydrogen) atoms. The zero-order chi connectivity index (χ0) is 12.0. The second kappa shape index (κ2) is 5.61. The van der Waals surface area contributed by atoms with Crippen molar-refractivity contribution in [3.8, 4) is 0 Å². The van der Waals surface area contributed by atoms with E-state index in [2.05, 4.69) is 25.3 Å². The molecule has 0 bridgehead atoms. The van der Waals surface area contributed by atoms with Crippen LogP contribution in [-0.2, 0) is 0 Å². The predicted molar refractivity (Wildman–Crippen MR) is 72.4 cm³/mol. The van der Waals surface area contributed by atoms with Crippen LogP contribution in [0.1, 0.15) is 10.4 Å². The van der Waals surface area contributed by atoms with Gasteiger partial charge in [0.25, 0.3) is 0 Å². The Bertz CT molecular complexity index is 396. The van der Waals surface area contributed by atoms with Crippen LogP contribution < -0.4 is 0 Å². The third-order valence-electron chi connectivity index (χ3n) is 2.01. The highest BCUT2D eigenvalue weighted by Gasteiger charge is 2.05. The summed E-state index contributed by atoms with van der Waals surface area (Å²) in [5.41, 5.74) is 2.95. The summed E-state index contributed by atoms with van der Waals surface area (Å²) in [6.07, 6.45) is 5.42. The van der Waals surface area contributed by atoms with Gasteiger partial charge in [0.15, 0.2) is 5.78 Å². The highest BCUT2D eigenvalue weighted by Crippen LogP contribution is 2.03. The van der Waals surface area contributed by atoms with Gasteiger partial charge in [-0.25, -0.2) is 0 Å². The summed E-state index contributed by atoms with van der Waals surface area (Å²) in [6.45, 7) is 6.78. The van der Waals surface area contributed by atoms with Crippen molar-refractivity contribution >= 4 is 13.9 Å². The molecule has 0 amide bonds. The number of carbonyl (C=O) groups excluding carboxylic acids is 1. The average molecular weight is 230 g/mol.